The number of hydrogen-bond donors (Lipinski definition) is 0. The van der Waals surface area contributed by atoms with Crippen LogP contribution in [0.25, 0.3) is 0 Å². The van der Waals surface area contributed by atoms with Gasteiger partial charge in [0, 0.05) is 6.16 Å². The summed E-state index contributed by atoms with van der Waals surface area (Å²) in [4.78, 5) is 0. The summed E-state index contributed by atoms with van der Waals surface area (Å²) in [5, 5.41) is 0. The molecule has 0 heterocycles. The first-order valence-electron chi connectivity index (χ1n) is 8.10. The van der Waals surface area contributed by atoms with E-state index in [1.54, 1.807) is 0 Å². The first-order chi connectivity index (χ1) is 8.56. The standard InChI is InChI=1S/C17H37OP/c1-8-10-16(14-19(6,7)18)13-17(4,5)12-9-11-15(2)3/h15-16H,8-14H2,1-7H3. The molecule has 1 unspecified atom stereocenters. The highest BCUT2D eigenvalue weighted by Crippen LogP contribution is 2.43. The summed E-state index contributed by atoms with van der Waals surface area (Å²) in [7, 11) is -1.88. The van der Waals surface area contributed by atoms with Gasteiger partial charge in [-0.1, -0.05) is 60.3 Å². The van der Waals surface area contributed by atoms with E-state index in [9.17, 15) is 4.57 Å². The summed E-state index contributed by atoms with van der Waals surface area (Å²) >= 11 is 0. The van der Waals surface area contributed by atoms with Crippen molar-refractivity contribution in [3.8, 4) is 0 Å². The molecule has 0 aliphatic carbocycles. The maximum atomic E-state index is 12.1. The molecule has 116 valence electrons. The van der Waals surface area contributed by atoms with Gasteiger partial charge in [-0.15, -0.1) is 0 Å². The van der Waals surface area contributed by atoms with Crippen LogP contribution in [0.1, 0.15) is 73.1 Å². The Balaban J connectivity index is 4.33. The van der Waals surface area contributed by atoms with E-state index in [0.717, 1.165) is 12.1 Å². The summed E-state index contributed by atoms with van der Waals surface area (Å²) in [6, 6.07) is 0. The maximum Gasteiger partial charge on any atom is 0.0822 e. The molecule has 0 aromatic heterocycles. The monoisotopic (exact) mass is 288 g/mol. The molecule has 0 aromatic carbocycles. The highest BCUT2D eigenvalue weighted by molar-refractivity contribution is 7.62. The third-order valence-corrected chi connectivity index (χ3v) is 5.27. The predicted octanol–water partition coefficient (Wildman–Crippen LogP) is 6.27. The average molecular weight is 288 g/mol. The van der Waals surface area contributed by atoms with Crippen LogP contribution < -0.4 is 0 Å². The Hall–Kier alpha value is 0.230. The Bertz CT molecular complexity index is 275. The lowest BCUT2D eigenvalue weighted by Crippen LogP contribution is -2.20. The Kier molecular flexibility index (Phi) is 8.60. The average Bonchev–Trinajstić information content (AvgIpc) is 2.12. The zero-order chi connectivity index (χ0) is 15.1. The minimum atomic E-state index is -1.88. The Morgan fingerprint density at radius 3 is 2.11 bits per heavy atom. The van der Waals surface area contributed by atoms with Crippen LogP contribution in [0.2, 0.25) is 0 Å². The maximum absolute atomic E-state index is 12.1. The van der Waals surface area contributed by atoms with Gasteiger partial charge < -0.3 is 4.57 Å². The van der Waals surface area contributed by atoms with Gasteiger partial charge >= 0.3 is 0 Å². The van der Waals surface area contributed by atoms with Gasteiger partial charge in [-0.3, -0.25) is 0 Å². The topological polar surface area (TPSA) is 17.1 Å². The van der Waals surface area contributed by atoms with Gasteiger partial charge in [-0.05, 0) is 43.4 Å². The van der Waals surface area contributed by atoms with Crippen molar-refractivity contribution in [2.24, 2.45) is 17.3 Å². The fraction of sp³-hybridized carbons (Fsp3) is 1.00. The molecule has 2 heteroatoms. The SMILES string of the molecule is CCCC(CC(C)(C)CCCC(C)C)CP(C)(C)=O. The van der Waals surface area contributed by atoms with E-state index in [1.807, 2.05) is 13.3 Å². The second-order valence-corrected chi connectivity index (χ2v) is 11.6. The molecule has 0 spiro atoms. The minimum Gasteiger partial charge on any atom is -0.324 e. The Labute approximate surface area is 122 Å². The van der Waals surface area contributed by atoms with Gasteiger partial charge in [0.25, 0.3) is 0 Å². The first kappa shape index (κ1) is 19.2. The van der Waals surface area contributed by atoms with E-state index < -0.39 is 7.14 Å². The van der Waals surface area contributed by atoms with Crippen LogP contribution in [0.3, 0.4) is 0 Å². The fourth-order valence-corrected chi connectivity index (χ4v) is 4.72. The molecular weight excluding hydrogens is 251 g/mol. The summed E-state index contributed by atoms with van der Waals surface area (Å²) in [5.41, 5.74) is 0.407. The van der Waals surface area contributed by atoms with Gasteiger partial charge in [0.2, 0.25) is 0 Å². The third-order valence-electron chi connectivity index (χ3n) is 3.87. The van der Waals surface area contributed by atoms with Crippen molar-refractivity contribution in [2.45, 2.75) is 73.1 Å². The third kappa shape index (κ3) is 11.7. The molecule has 1 atom stereocenters. The van der Waals surface area contributed by atoms with E-state index in [-0.39, 0.29) is 0 Å². The zero-order valence-corrected chi connectivity index (χ0v) is 15.4. The summed E-state index contributed by atoms with van der Waals surface area (Å²) in [5.74, 6) is 1.47. The Morgan fingerprint density at radius 1 is 1.11 bits per heavy atom. The zero-order valence-electron chi connectivity index (χ0n) is 14.5. The lowest BCUT2D eigenvalue weighted by Gasteiger charge is -2.31. The van der Waals surface area contributed by atoms with Crippen molar-refractivity contribution in [1.82, 2.24) is 0 Å². The summed E-state index contributed by atoms with van der Waals surface area (Å²) in [6.07, 6.45) is 8.61. The molecule has 0 radical (unpaired) electrons. The number of hydrogen-bond acceptors (Lipinski definition) is 1. The van der Waals surface area contributed by atoms with Crippen LogP contribution in [0, 0.1) is 17.3 Å². The van der Waals surface area contributed by atoms with Crippen LogP contribution >= 0.6 is 7.14 Å². The number of rotatable bonds is 10. The second kappa shape index (κ2) is 8.50. The van der Waals surface area contributed by atoms with Crippen LogP contribution in [0.15, 0.2) is 0 Å². The van der Waals surface area contributed by atoms with Gasteiger partial charge in [-0.25, -0.2) is 0 Å². The molecule has 0 N–H and O–H groups in total. The van der Waals surface area contributed by atoms with E-state index >= 15 is 0 Å². The van der Waals surface area contributed by atoms with Gasteiger partial charge in [0.1, 0.15) is 0 Å². The van der Waals surface area contributed by atoms with E-state index in [1.165, 1.54) is 38.5 Å². The largest absolute Gasteiger partial charge is 0.324 e. The molecule has 0 fully saturated rings. The van der Waals surface area contributed by atoms with Crippen molar-refractivity contribution in [3.63, 3.8) is 0 Å². The van der Waals surface area contributed by atoms with Crippen molar-refractivity contribution >= 4 is 7.14 Å². The lowest BCUT2D eigenvalue weighted by molar-refractivity contribution is 0.238. The summed E-state index contributed by atoms with van der Waals surface area (Å²) < 4.78 is 12.1. The molecule has 0 saturated carbocycles. The fourth-order valence-electron chi connectivity index (χ4n) is 3.16. The molecular formula is C17H37OP. The van der Waals surface area contributed by atoms with Crippen LogP contribution in [-0.2, 0) is 4.57 Å². The minimum absolute atomic E-state index is 0.407. The summed E-state index contributed by atoms with van der Waals surface area (Å²) in [6.45, 7) is 15.5. The predicted molar refractivity (Wildman–Crippen MR) is 89.8 cm³/mol. The van der Waals surface area contributed by atoms with Gasteiger partial charge in [0.05, 0.1) is 7.14 Å². The van der Waals surface area contributed by atoms with Crippen molar-refractivity contribution in [3.05, 3.63) is 0 Å². The van der Waals surface area contributed by atoms with Crippen molar-refractivity contribution in [1.29, 1.82) is 0 Å². The highest BCUT2D eigenvalue weighted by Gasteiger charge is 2.25. The molecule has 0 aromatic rings. The van der Waals surface area contributed by atoms with Crippen LogP contribution in [0.5, 0.6) is 0 Å². The molecule has 0 aliphatic rings. The first-order valence-corrected chi connectivity index (χ1v) is 10.9. The van der Waals surface area contributed by atoms with E-state index in [4.69, 9.17) is 0 Å². The smallest absolute Gasteiger partial charge is 0.0822 e. The molecule has 0 amide bonds. The van der Waals surface area contributed by atoms with Crippen LogP contribution in [0.4, 0.5) is 0 Å². The van der Waals surface area contributed by atoms with E-state index in [0.29, 0.717) is 11.3 Å². The molecule has 19 heavy (non-hydrogen) atoms. The van der Waals surface area contributed by atoms with Crippen molar-refractivity contribution < 1.29 is 4.57 Å². The molecule has 0 saturated heterocycles. The quantitative estimate of drug-likeness (QED) is 0.433. The molecule has 0 aliphatic heterocycles. The van der Waals surface area contributed by atoms with Crippen LogP contribution in [-0.4, -0.2) is 19.5 Å². The normalized spacial score (nSPS) is 14.9. The van der Waals surface area contributed by atoms with Gasteiger partial charge in [0.15, 0.2) is 0 Å². The molecule has 0 bridgehead atoms. The molecule has 1 nitrogen and oxygen atoms in total. The lowest BCUT2D eigenvalue weighted by atomic mass is 9.78. The highest BCUT2D eigenvalue weighted by atomic mass is 31.2. The Morgan fingerprint density at radius 2 is 1.68 bits per heavy atom. The second-order valence-electron chi connectivity index (χ2n) is 8.07. The molecule has 0 rings (SSSR count). The van der Waals surface area contributed by atoms with Gasteiger partial charge in [-0.2, -0.15) is 0 Å². The van der Waals surface area contributed by atoms with E-state index in [2.05, 4.69) is 34.6 Å². The van der Waals surface area contributed by atoms with Crippen molar-refractivity contribution in [2.75, 3.05) is 19.5 Å².